The van der Waals surface area contributed by atoms with Crippen LogP contribution in [0.5, 0.6) is 0 Å². The number of nitrogens with zero attached hydrogens (tertiary/aromatic N) is 5. The van der Waals surface area contributed by atoms with E-state index < -0.39 is 0 Å². The summed E-state index contributed by atoms with van der Waals surface area (Å²) in [6.45, 7) is 1.46. The van der Waals surface area contributed by atoms with Gasteiger partial charge in [-0.05, 0) is 36.8 Å². The Morgan fingerprint density at radius 3 is 2.97 bits per heavy atom. The van der Waals surface area contributed by atoms with Gasteiger partial charge in [-0.25, -0.2) is 15.0 Å². The summed E-state index contributed by atoms with van der Waals surface area (Å²) in [5.74, 6) is 0.570. The van der Waals surface area contributed by atoms with Gasteiger partial charge in [0.1, 0.15) is 5.65 Å². The number of aromatic nitrogens is 5. The summed E-state index contributed by atoms with van der Waals surface area (Å²) in [5.41, 5.74) is 3.11. The van der Waals surface area contributed by atoms with Crippen LogP contribution in [0.2, 0.25) is 0 Å². The second-order valence-corrected chi connectivity index (χ2v) is 6.99. The average molecular weight is 385 g/mol. The Hall–Kier alpha value is -3.81. The number of carbonyl (C=O) groups excluding carboxylic acids is 1. The second-order valence-electron chi connectivity index (χ2n) is 6.99. The summed E-state index contributed by atoms with van der Waals surface area (Å²) in [5, 5.41) is 3.95. The molecule has 0 aliphatic carbocycles. The molecule has 8 nitrogen and oxygen atoms in total. The number of rotatable bonds is 4. The molecule has 4 aromatic rings. The van der Waals surface area contributed by atoms with Crippen molar-refractivity contribution in [2.75, 3.05) is 18.0 Å². The Morgan fingerprint density at radius 1 is 1.14 bits per heavy atom. The number of anilines is 1. The van der Waals surface area contributed by atoms with Gasteiger partial charge in [0, 0.05) is 61.1 Å². The van der Waals surface area contributed by atoms with Crippen molar-refractivity contribution in [1.82, 2.24) is 30.2 Å². The zero-order valence-corrected chi connectivity index (χ0v) is 15.6. The van der Waals surface area contributed by atoms with Gasteiger partial charge < -0.3 is 15.2 Å². The van der Waals surface area contributed by atoms with Gasteiger partial charge in [-0.15, -0.1) is 0 Å². The number of hydrogen-bond acceptors (Lipinski definition) is 6. The first-order valence-electron chi connectivity index (χ1n) is 9.49. The van der Waals surface area contributed by atoms with Crippen molar-refractivity contribution in [2.45, 2.75) is 12.5 Å². The van der Waals surface area contributed by atoms with E-state index in [4.69, 9.17) is 0 Å². The first-order chi connectivity index (χ1) is 14.3. The minimum atomic E-state index is -0.0962. The predicted octanol–water partition coefficient (Wildman–Crippen LogP) is 2.42. The van der Waals surface area contributed by atoms with E-state index in [1.54, 1.807) is 31.0 Å². The lowest BCUT2D eigenvalue weighted by Crippen LogP contribution is -2.37. The maximum atomic E-state index is 12.7. The van der Waals surface area contributed by atoms with Crippen LogP contribution in [-0.2, 0) is 0 Å². The van der Waals surface area contributed by atoms with E-state index in [2.05, 4.69) is 35.1 Å². The molecule has 1 aliphatic heterocycles. The second kappa shape index (κ2) is 7.31. The van der Waals surface area contributed by atoms with Gasteiger partial charge in [0.2, 0.25) is 5.95 Å². The number of hydrogen-bond donors (Lipinski definition) is 2. The van der Waals surface area contributed by atoms with Gasteiger partial charge in [0.05, 0.1) is 11.3 Å². The zero-order chi connectivity index (χ0) is 19.6. The summed E-state index contributed by atoms with van der Waals surface area (Å²) in [6, 6.07) is 9.50. The summed E-state index contributed by atoms with van der Waals surface area (Å²) < 4.78 is 0. The van der Waals surface area contributed by atoms with Crippen LogP contribution in [0, 0.1) is 0 Å². The highest BCUT2D eigenvalue weighted by atomic mass is 16.1. The van der Waals surface area contributed by atoms with Gasteiger partial charge >= 0.3 is 0 Å². The molecule has 2 N–H and O–H groups in total. The Morgan fingerprint density at radius 2 is 2.07 bits per heavy atom. The highest BCUT2D eigenvalue weighted by Crippen LogP contribution is 2.21. The van der Waals surface area contributed by atoms with Gasteiger partial charge in [0.15, 0.2) is 0 Å². The van der Waals surface area contributed by atoms with Crippen LogP contribution in [0.1, 0.15) is 16.8 Å². The Kier molecular flexibility index (Phi) is 4.36. The van der Waals surface area contributed by atoms with Gasteiger partial charge in [-0.3, -0.25) is 9.78 Å². The van der Waals surface area contributed by atoms with E-state index >= 15 is 0 Å². The molecule has 1 unspecified atom stereocenters. The first kappa shape index (κ1) is 17.3. The maximum Gasteiger partial charge on any atom is 0.253 e. The minimum Gasteiger partial charge on any atom is -0.347 e. The molecule has 0 radical (unpaired) electrons. The number of carbonyl (C=O) groups is 1. The Labute approximate surface area is 167 Å². The van der Waals surface area contributed by atoms with E-state index in [9.17, 15) is 4.79 Å². The van der Waals surface area contributed by atoms with Crippen LogP contribution in [0.4, 0.5) is 5.95 Å². The first-order valence-corrected chi connectivity index (χ1v) is 9.49. The fourth-order valence-corrected chi connectivity index (χ4v) is 3.64. The molecule has 1 aliphatic rings. The smallest absolute Gasteiger partial charge is 0.253 e. The maximum absolute atomic E-state index is 12.7. The highest BCUT2D eigenvalue weighted by molar-refractivity contribution is 6.06. The molecule has 1 saturated heterocycles. The van der Waals surface area contributed by atoms with Crippen molar-refractivity contribution >= 4 is 22.9 Å². The fraction of sp³-hybridized carbons (Fsp3) is 0.190. The van der Waals surface area contributed by atoms with E-state index in [1.807, 2.05) is 30.3 Å². The third-order valence-corrected chi connectivity index (χ3v) is 5.10. The molecule has 0 spiro atoms. The van der Waals surface area contributed by atoms with Crippen molar-refractivity contribution in [3.63, 3.8) is 0 Å². The summed E-state index contributed by atoms with van der Waals surface area (Å²) >= 11 is 0. The predicted molar refractivity (Wildman–Crippen MR) is 109 cm³/mol. The van der Waals surface area contributed by atoms with E-state index in [1.165, 1.54) is 0 Å². The van der Waals surface area contributed by atoms with Gasteiger partial charge in [-0.2, -0.15) is 0 Å². The standard InChI is InChI=1S/C21H19N7O/c29-20(17-12-25-19-16(17)4-2-8-23-19)26-15-6-10-28(13-15)21-24-9-5-18(27-21)14-3-1-7-22-11-14/h1-5,7-9,11-12,15H,6,10,13H2,(H,23,25)(H,26,29). The van der Waals surface area contributed by atoms with Crippen molar-refractivity contribution in [2.24, 2.45) is 0 Å². The SMILES string of the molecule is O=C(NC1CCN(c2nccc(-c3cccnc3)n2)C1)c1c[nH]c2ncccc12. The number of aromatic amines is 1. The van der Waals surface area contributed by atoms with Crippen LogP contribution in [0.15, 0.2) is 61.3 Å². The normalized spacial score (nSPS) is 16.3. The summed E-state index contributed by atoms with van der Waals surface area (Å²) in [6.07, 6.45) is 9.54. The van der Waals surface area contributed by atoms with E-state index in [0.29, 0.717) is 23.7 Å². The fourth-order valence-electron chi connectivity index (χ4n) is 3.64. The van der Waals surface area contributed by atoms with Crippen molar-refractivity contribution in [3.8, 4) is 11.3 Å². The molecular formula is C21H19N7O. The number of pyridine rings is 2. The van der Waals surface area contributed by atoms with Crippen molar-refractivity contribution < 1.29 is 4.79 Å². The highest BCUT2D eigenvalue weighted by Gasteiger charge is 2.27. The average Bonchev–Trinajstić information content (AvgIpc) is 3.42. The number of fused-ring (bicyclic) bond motifs is 1. The Balaban J connectivity index is 1.29. The molecule has 29 heavy (non-hydrogen) atoms. The van der Waals surface area contributed by atoms with Gasteiger partial charge in [-0.1, -0.05) is 0 Å². The molecule has 5 rings (SSSR count). The molecule has 1 atom stereocenters. The molecule has 0 aromatic carbocycles. The largest absolute Gasteiger partial charge is 0.347 e. The number of H-pyrrole nitrogens is 1. The molecule has 5 heterocycles. The molecule has 0 saturated carbocycles. The molecule has 4 aromatic heterocycles. The van der Waals surface area contributed by atoms with Crippen LogP contribution >= 0.6 is 0 Å². The molecular weight excluding hydrogens is 366 g/mol. The van der Waals surface area contributed by atoms with Gasteiger partial charge in [0.25, 0.3) is 5.91 Å². The monoisotopic (exact) mass is 385 g/mol. The van der Waals surface area contributed by atoms with E-state index in [-0.39, 0.29) is 11.9 Å². The molecule has 1 fully saturated rings. The molecule has 0 bridgehead atoms. The van der Waals surface area contributed by atoms with Crippen molar-refractivity contribution in [1.29, 1.82) is 0 Å². The van der Waals surface area contributed by atoms with Crippen LogP contribution in [0.3, 0.4) is 0 Å². The lowest BCUT2D eigenvalue weighted by molar-refractivity contribution is 0.0942. The summed E-state index contributed by atoms with van der Waals surface area (Å²) in [4.78, 5) is 35.4. The van der Waals surface area contributed by atoms with Crippen LogP contribution in [-0.4, -0.2) is 50.0 Å². The number of nitrogens with one attached hydrogen (secondary N) is 2. The van der Waals surface area contributed by atoms with Crippen molar-refractivity contribution in [3.05, 3.63) is 66.9 Å². The lowest BCUT2D eigenvalue weighted by atomic mass is 10.2. The molecule has 8 heteroatoms. The van der Waals surface area contributed by atoms with E-state index in [0.717, 1.165) is 29.6 Å². The third-order valence-electron chi connectivity index (χ3n) is 5.10. The molecule has 144 valence electrons. The number of amides is 1. The minimum absolute atomic E-state index is 0.0368. The summed E-state index contributed by atoms with van der Waals surface area (Å²) in [7, 11) is 0. The molecule has 1 amide bonds. The quantitative estimate of drug-likeness (QED) is 0.560. The Bertz CT molecular complexity index is 1160. The third kappa shape index (κ3) is 3.40. The van der Waals surface area contributed by atoms with Crippen LogP contribution < -0.4 is 10.2 Å². The zero-order valence-electron chi connectivity index (χ0n) is 15.6. The lowest BCUT2D eigenvalue weighted by Gasteiger charge is -2.17. The van der Waals surface area contributed by atoms with Crippen LogP contribution in [0.25, 0.3) is 22.3 Å². The topological polar surface area (TPSA) is 99.7 Å².